The molecule has 0 atom stereocenters. The molecular formula is C36H22Mn2N12. The van der Waals surface area contributed by atoms with E-state index >= 15 is 0 Å². The zero-order valence-electron chi connectivity index (χ0n) is 25.8. The van der Waals surface area contributed by atoms with Gasteiger partial charge in [-0.25, -0.2) is 49.9 Å². The Morgan fingerprint density at radius 3 is 0.680 bits per heavy atom. The van der Waals surface area contributed by atoms with Crippen LogP contribution in [0.15, 0.2) is 137 Å². The number of hydrogen-bond donors (Lipinski definition) is 2. The number of aromatic amines is 2. The molecule has 0 aliphatic carbocycles. The molecule has 10 rings (SSSR count). The van der Waals surface area contributed by atoms with Gasteiger partial charge in [0.2, 0.25) is 0 Å². The largest absolute Gasteiger partial charge is 0.355 e. The molecule has 12 nitrogen and oxygen atoms in total. The number of fused-ring (bicyclic) bond motifs is 12. The van der Waals surface area contributed by atoms with Crippen LogP contribution in [0.5, 0.6) is 0 Å². The van der Waals surface area contributed by atoms with Gasteiger partial charge in [-0.3, -0.25) is 0 Å². The van der Waals surface area contributed by atoms with Crippen molar-refractivity contribution in [2.75, 3.05) is 0 Å². The van der Waals surface area contributed by atoms with Crippen LogP contribution < -0.4 is 0 Å². The fraction of sp³-hybridized carbons (Fsp3) is 0. The summed E-state index contributed by atoms with van der Waals surface area (Å²) in [6.45, 7) is 0. The predicted octanol–water partition coefficient (Wildman–Crippen LogP) is 6.12. The minimum atomic E-state index is 0. The maximum absolute atomic E-state index is 4.63. The minimum Gasteiger partial charge on any atom is -0.355 e. The molecule has 2 radical (unpaired) electrons. The molecule has 0 spiro atoms. The molecule has 3 aromatic heterocycles. The summed E-state index contributed by atoms with van der Waals surface area (Å²) in [6, 6.07) is 16.4. The molecular weight excluding hydrogens is 710 g/mol. The van der Waals surface area contributed by atoms with E-state index < -0.39 is 0 Å². The third-order valence-electron chi connectivity index (χ3n) is 7.40. The van der Waals surface area contributed by atoms with Crippen LogP contribution in [0.3, 0.4) is 0 Å². The van der Waals surface area contributed by atoms with Gasteiger partial charge in [0.15, 0.2) is 46.7 Å². The van der Waals surface area contributed by atoms with Crippen molar-refractivity contribution in [1.82, 2.24) is 19.9 Å². The van der Waals surface area contributed by atoms with E-state index in [1.54, 1.807) is 48.6 Å². The SMILES string of the molecule is C1=C/C2=N/C3=NC(=N\C4=NC(=N\C5=NC(=N\C1=N2)/C=C5)/C=C4)/C=C3.C1=Cc2cc3ccc(cc4nc(cc5ccc(cc1n2)[nH]5)C=C4)[nH]3.[Mn].[Mn]. The smallest absolute Gasteiger partial charge is 0.156 e. The summed E-state index contributed by atoms with van der Waals surface area (Å²) >= 11 is 0. The Hall–Kier alpha value is -6.04. The van der Waals surface area contributed by atoms with Crippen molar-refractivity contribution in [3.8, 4) is 0 Å². The van der Waals surface area contributed by atoms with Crippen molar-refractivity contribution < 1.29 is 34.1 Å². The minimum absolute atomic E-state index is 0. The van der Waals surface area contributed by atoms with Gasteiger partial charge in [-0.15, -0.1) is 0 Å². The summed E-state index contributed by atoms with van der Waals surface area (Å²) < 4.78 is 0. The fourth-order valence-corrected chi connectivity index (χ4v) is 5.27. The molecule has 2 N–H and O–H groups in total. The molecule has 0 fully saturated rings. The molecule has 0 aromatic carbocycles. The molecule has 240 valence electrons. The van der Waals surface area contributed by atoms with Crippen LogP contribution in [0.25, 0.3) is 46.4 Å². The Labute approximate surface area is 305 Å². The van der Waals surface area contributed by atoms with Crippen LogP contribution in [0.1, 0.15) is 22.8 Å². The summed E-state index contributed by atoms with van der Waals surface area (Å²) in [7, 11) is 0. The Morgan fingerprint density at radius 2 is 0.480 bits per heavy atom. The van der Waals surface area contributed by atoms with Gasteiger partial charge >= 0.3 is 0 Å². The fourth-order valence-electron chi connectivity index (χ4n) is 5.27. The third kappa shape index (κ3) is 7.34. The van der Waals surface area contributed by atoms with E-state index in [4.69, 9.17) is 0 Å². The van der Waals surface area contributed by atoms with Crippen LogP contribution in [-0.4, -0.2) is 66.6 Å². The number of rotatable bonds is 0. The molecule has 16 bridgehead atoms. The number of amidine groups is 8. The van der Waals surface area contributed by atoms with E-state index in [1.807, 2.05) is 48.6 Å². The zero-order chi connectivity index (χ0) is 31.9. The maximum Gasteiger partial charge on any atom is 0.156 e. The quantitative estimate of drug-likeness (QED) is 0.184. The van der Waals surface area contributed by atoms with E-state index in [0.29, 0.717) is 46.7 Å². The van der Waals surface area contributed by atoms with E-state index in [-0.39, 0.29) is 34.1 Å². The number of aliphatic imine (C=N–C) groups is 8. The van der Waals surface area contributed by atoms with Crippen molar-refractivity contribution in [3.63, 3.8) is 0 Å². The molecule has 50 heavy (non-hydrogen) atoms. The number of nitrogens with one attached hydrogen (secondary N) is 2. The average molecular weight is 733 g/mol. The molecule has 3 aromatic rings. The summed E-state index contributed by atoms with van der Waals surface area (Å²) in [5.74, 6) is 4.30. The Morgan fingerprint density at radius 1 is 0.280 bits per heavy atom. The second kappa shape index (κ2) is 13.8. The van der Waals surface area contributed by atoms with E-state index in [2.05, 4.69) is 84.1 Å². The van der Waals surface area contributed by atoms with Gasteiger partial charge in [-0.1, -0.05) is 0 Å². The predicted molar refractivity (Wildman–Crippen MR) is 195 cm³/mol. The number of nitrogens with zero attached hydrogens (tertiary/aromatic N) is 10. The Balaban J connectivity index is 0.000000151. The monoisotopic (exact) mass is 732 g/mol. The van der Waals surface area contributed by atoms with Gasteiger partial charge in [0.1, 0.15) is 0 Å². The summed E-state index contributed by atoms with van der Waals surface area (Å²) in [5.41, 5.74) is 7.86. The molecule has 14 heteroatoms. The van der Waals surface area contributed by atoms with Crippen molar-refractivity contribution >= 4 is 93.1 Å². The van der Waals surface area contributed by atoms with Crippen molar-refractivity contribution in [3.05, 3.63) is 120 Å². The van der Waals surface area contributed by atoms with E-state index in [0.717, 1.165) is 44.8 Å². The van der Waals surface area contributed by atoms with Gasteiger partial charge in [0.05, 0.1) is 22.8 Å². The standard InChI is InChI=1S/C20H14N4.C16H8N8.2Mn/c1-2-14-10-16-5-6-18(23-16)12-20-8-7-19(24-20)11-17-4-3-15(22-17)9-13(1)21-14;1-2-10-17-9(1)21-11-3-4-13(18-11)23-15-7-8-16(20-15)24-14-6-5-12(19-14)22-10;;/h1-12,21,24H;1-8H;;/b;21-9-,21-11?,22-10?,22-12-,23-13-,23-15?,24-14?,24-16-;;. The van der Waals surface area contributed by atoms with Crippen LogP contribution >= 0.6 is 0 Å². The van der Waals surface area contributed by atoms with Crippen LogP contribution in [0.2, 0.25) is 0 Å². The number of aromatic nitrogens is 4. The van der Waals surface area contributed by atoms with Crippen LogP contribution in [-0.2, 0) is 34.1 Å². The first-order valence-electron chi connectivity index (χ1n) is 15.1. The summed E-state index contributed by atoms with van der Waals surface area (Å²) in [6.07, 6.45) is 22.3. The topological polar surface area (TPSA) is 156 Å². The molecule has 7 aliphatic heterocycles. The van der Waals surface area contributed by atoms with Gasteiger partial charge in [-0.2, -0.15) is 0 Å². The third-order valence-corrected chi connectivity index (χ3v) is 7.40. The van der Waals surface area contributed by atoms with Crippen molar-refractivity contribution in [2.45, 2.75) is 0 Å². The van der Waals surface area contributed by atoms with Gasteiger partial charge in [0.25, 0.3) is 0 Å². The maximum atomic E-state index is 4.63. The average Bonchev–Trinajstić information content (AvgIpc) is 3.91. The first-order valence-corrected chi connectivity index (χ1v) is 15.1. The molecule has 10 heterocycles. The molecule has 0 unspecified atom stereocenters. The summed E-state index contributed by atoms with van der Waals surface area (Å²) in [4.78, 5) is 50.8. The molecule has 0 saturated heterocycles. The van der Waals surface area contributed by atoms with Crippen LogP contribution in [0, 0.1) is 0 Å². The molecule has 7 aliphatic rings. The molecule has 0 saturated carbocycles. The van der Waals surface area contributed by atoms with Crippen LogP contribution in [0.4, 0.5) is 0 Å². The second-order valence-electron chi connectivity index (χ2n) is 11.0. The Bertz CT molecular complexity index is 2200. The first kappa shape index (κ1) is 32.5. The number of H-pyrrole nitrogens is 2. The van der Waals surface area contributed by atoms with Crippen molar-refractivity contribution in [1.29, 1.82) is 0 Å². The molecule has 0 amide bonds. The Kier molecular flexibility index (Phi) is 8.99. The van der Waals surface area contributed by atoms with Crippen molar-refractivity contribution in [2.24, 2.45) is 39.9 Å². The summed E-state index contributed by atoms with van der Waals surface area (Å²) in [5, 5.41) is 0. The van der Waals surface area contributed by atoms with E-state index in [1.165, 1.54) is 0 Å². The van der Waals surface area contributed by atoms with Gasteiger partial charge < -0.3 is 9.97 Å². The first-order chi connectivity index (χ1) is 23.6. The van der Waals surface area contributed by atoms with E-state index in [9.17, 15) is 0 Å². The zero-order valence-corrected chi connectivity index (χ0v) is 28.1. The van der Waals surface area contributed by atoms with Gasteiger partial charge in [-0.05, 0) is 121 Å². The second-order valence-corrected chi connectivity index (χ2v) is 11.0. The number of hydrogen-bond acceptors (Lipinski definition) is 10. The normalized spacial score (nSPS) is 21.1. The van der Waals surface area contributed by atoms with Gasteiger partial charge in [0, 0.05) is 56.2 Å².